The second kappa shape index (κ2) is 58.0. The number of carbonyl (C=O) groups is 8. The van der Waals surface area contributed by atoms with Gasteiger partial charge in [0.05, 0.1) is 116 Å². The number of hydrogen-bond acceptors (Lipinski definition) is 26. The number of amides is 8. The molecule has 0 aliphatic carbocycles. The monoisotopic (exact) mass is 2060 g/mol. The molecule has 146 heavy (non-hydrogen) atoms. The van der Waals surface area contributed by atoms with Crippen LogP contribution < -0.4 is 0 Å². The number of aliphatic hydroxyl groups excluding tert-OH is 1. The van der Waals surface area contributed by atoms with E-state index in [1.165, 1.54) is 12.8 Å². The van der Waals surface area contributed by atoms with E-state index < -0.39 is 0 Å². The lowest BCUT2D eigenvalue weighted by atomic mass is 9.90. The Bertz CT molecular complexity index is 4020. The van der Waals surface area contributed by atoms with Crippen LogP contribution in [0.4, 0.5) is 0 Å². The van der Waals surface area contributed by atoms with Crippen molar-refractivity contribution in [3.05, 3.63) is 11.9 Å². The molecule has 0 spiro atoms. The standard InChI is InChI=1S/C21H38N4O3.C21H40N4O2.C20H37N3O3.C18H34N4O2.C16H30N2O3.C15H26N4O/c1-21(2,3)16-19(26)24-6-4-18(5-7-24)23-10-8-22(9-11-23)17-20(27)25-12-14-28-15-13-25;1-17-14-23(16-20(27)22(5)6)11-12-25(17)15-18-7-9-24(10-8-18)19(26)13-21(2,3)4;1-20(2,3)14-19(24)22-6-4-17(5-7-22)23(18-15-26-16-18)9-8-21-10-12-25-13-11-21;1-18(2,3)17(24)22-12-10-21(11-13-22)15-6-8-20(9-7-15)14-16(23)19(4)5;1-16(2,3)10-15(20)17-6-4-13(5-7-17)18-8-9-21-14(11-18)12-19;1-15(2,3)8-12-9-19(17-16-12)13-4-6-18(7-5-13)14-10-20-11-14/h18H,4-17H2,1-3H3;17-18H,7-16H2,1-6H3;17-18H,4-16H2,1-3H3;15H,6-14H2,1-5H3;13-14,19H,4-12H2,1-3H3;9,13-14H,4-8,10-11H2,1-3H3/t;17-;;;14-;/m.1..1./s1. The highest BCUT2D eigenvalue weighted by molar-refractivity contribution is 5.82. The maximum atomic E-state index is 12.5. The van der Waals surface area contributed by atoms with Crippen LogP contribution in [-0.2, 0) is 68.5 Å². The maximum Gasteiger partial charge on any atom is 0.236 e. The van der Waals surface area contributed by atoms with E-state index in [1.807, 2.05) is 63.7 Å². The molecular formula is C111H205N21O14. The molecule has 14 aliphatic heterocycles. The van der Waals surface area contributed by atoms with Gasteiger partial charge in [-0.15, -0.1) is 5.10 Å². The summed E-state index contributed by atoms with van der Waals surface area (Å²) >= 11 is 0. The minimum atomic E-state index is -0.285. The summed E-state index contributed by atoms with van der Waals surface area (Å²) in [5.74, 6) is 2.78. The Hall–Kier alpha value is -5.74. The topological polar surface area (TPSA) is 292 Å². The number of aromatic nitrogens is 3. The first kappa shape index (κ1) is 122. The molecule has 8 amide bonds. The number of carbonyl (C=O) groups excluding carboxylic acids is 8. The van der Waals surface area contributed by atoms with E-state index in [9.17, 15) is 43.5 Å². The molecule has 0 aromatic carbocycles. The molecular weight excluding hydrogens is 1850 g/mol. The number of aliphatic hydroxyl groups is 1. The first-order valence-electron chi connectivity index (χ1n) is 56.8. The summed E-state index contributed by atoms with van der Waals surface area (Å²) in [6.45, 7) is 80.2. The number of morpholine rings is 3. The predicted octanol–water partition coefficient (Wildman–Crippen LogP) is 7.83. The summed E-state index contributed by atoms with van der Waals surface area (Å²) in [6, 6.07) is 4.53. The Morgan fingerprint density at radius 1 is 0.370 bits per heavy atom. The molecule has 14 saturated heterocycles. The van der Waals surface area contributed by atoms with E-state index in [-0.39, 0.29) is 74.7 Å². The number of likely N-dealkylation sites (N-methyl/N-ethyl adjacent to an activating group) is 2. The minimum absolute atomic E-state index is 0.0423. The second-order valence-electron chi connectivity index (χ2n) is 52.1. The molecule has 35 heteroatoms. The van der Waals surface area contributed by atoms with Gasteiger partial charge in [0.15, 0.2) is 0 Å². The highest BCUT2D eigenvalue weighted by Gasteiger charge is 2.42. The lowest BCUT2D eigenvalue weighted by Gasteiger charge is -2.46. The van der Waals surface area contributed by atoms with Crippen LogP contribution in [0.2, 0.25) is 0 Å². The molecule has 15 rings (SSSR count). The van der Waals surface area contributed by atoms with E-state index in [1.54, 1.807) is 9.80 Å². The zero-order valence-electron chi connectivity index (χ0n) is 95.8. The fraction of sp³-hybridized carbons (Fsp3) is 0.910. The van der Waals surface area contributed by atoms with Gasteiger partial charge in [-0.1, -0.05) is 130 Å². The molecule has 35 nitrogen and oxygen atoms in total. The van der Waals surface area contributed by atoms with Crippen LogP contribution in [0, 0.1) is 38.4 Å². The Kier molecular flexibility index (Phi) is 48.5. The van der Waals surface area contributed by atoms with E-state index in [0.29, 0.717) is 137 Å². The predicted molar refractivity (Wildman–Crippen MR) is 576 cm³/mol. The summed E-state index contributed by atoms with van der Waals surface area (Å²) in [7, 11) is 7.27. The van der Waals surface area contributed by atoms with Crippen LogP contribution in [0.1, 0.15) is 246 Å². The third-order valence-electron chi connectivity index (χ3n) is 31.7. The van der Waals surface area contributed by atoms with E-state index >= 15 is 0 Å². The Morgan fingerprint density at radius 3 is 1.21 bits per heavy atom. The van der Waals surface area contributed by atoms with Crippen molar-refractivity contribution in [3.8, 4) is 0 Å². The molecule has 14 aliphatic rings. The molecule has 0 saturated carbocycles. The number of ether oxygens (including phenoxy) is 5. The average molecular weight is 2060 g/mol. The van der Waals surface area contributed by atoms with Crippen molar-refractivity contribution in [1.82, 2.24) is 103 Å². The van der Waals surface area contributed by atoms with Gasteiger partial charge in [-0.25, -0.2) is 4.68 Å². The van der Waals surface area contributed by atoms with Crippen molar-refractivity contribution < 1.29 is 67.1 Å². The van der Waals surface area contributed by atoms with Gasteiger partial charge in [0, 0.05) is 305 Å². The van der Waals surface area contributed by atoms with Crippen molar-refractivity contribution in [3.63, 3.8) is 0 Å². The largest absolute Gasteiger partial charge is 0.394 e. The van der Waals surface area contributed by atoms with E-state index in [2.05, 4.69) is 196 Å². The van der Waals surface area contributed by atoms with Crippen LogP contribution in [0.25, 0.3) is 0 Å². The smallest absolute Gasteiger partial charge is 0.236 e. The van der Waals surface area contributed by atoms with Crippen molar-refractivity contribution in [2.45, 2.75) is 295 Å². The lowest BCUT2D eigenvalue weighted by molar-refractivity contribution is -0.142. The van der Waals surface area contributed by atoms with Crippen LogP contribution in [-0.4, -0.2) is 527 Å². The summed E-state index contributed by atoms with van der Waals surface area (Å²) in [6.07, 6.45) is 18.9. The van der Waals surface area contributed by atoms with Gasteiger partial charge in [-0.05, 0) is 123 Å². The third kappa shape index (κ3) is 42.3. The lowest BCUT2D eigenvalue weighted by Crippen LogP contribution is -2.58. The second-order valence-corrected chi connectivity index (χ2v) is 52.1. The molecule has 15 heterocycles. The first-order chi connectivity index (χ1) is 68.9. The highest BCUT2D eigenvalue weighted by atomic mass is 16.5. The van der Waals surface area contributed by atoms with E-state index in [0.717, 1.165) is 325 Å². The summed E-state index contributed by atoms with van der Waals surface area (Å²) < 4.78 is 29.1. The normalized spacial score (nSPS) is 23.7. The number of piperidine rings is 6. The van der Waals surface area contributed by atoms with Gasteiger partial charge in [-0.2, -0.15) is 0 Å². The average Bonchev–Trinajstić information content (AvgIpc) is 1.54. The van der Waals surface area contributed by atoms with Gasteiger partial charge in [-0.3, -0.25) is 87.4 Å². The fourth-order valence-electron chi connectivity index (χ4n) is 22.5. The Balaban J connectivity index is 0.000000180. The first-order valence-corrected chi connectivity index (χ1v) is 56.8. The molecule has 14 fully saturated rings. The molecule has 2 atom stereocenters. The van der Waals surface area contributed by atoms with Crippen LogP contribution in [0.3, 0.4) is 0 Å². The highest BCUT2D eigenvalue weighted by Crippen LogP contribution is 2.34. The number of nitrogens with zero attached hydrogens (tertiary/aromatic N) is 21. The van der Waals surface area contributed by atoms with Crippen molar-refractivity contribution in [2.24, 2.45) is 38.4 Å². The van der Waals surface area contributed by atoms with Gasteiger partial charge >= 0.3 is 0 Å². The van der Waals surface area contributed by atoms with Crippen molar-refractivity contribution >= 4 is 47.3 Å². The Morgan fingerprint density at radius 2 is 0.781 bits per heavy atom. The molecule has 1 aromatic rings. The van der Waals surface area contributed by atoms with Crippen molar-refractivity contribution in [2.75, 3.05) is 323 Å². The SMILES string of the molecule is CC(C)(C)CC(=O)N1CCC(N(CCN2CCOCC2)C2COC2)CC1.CC(C)(C)CC(=O)N1CCC(N2CCN(CC(=O)N3CCOCC3)CC2)CC1.CC(C)(C)CC(=O)N1CCC(N2CCO[C@@H](CO)C2)CC1.CC(C)(C)Cc1cn(C2CCN(C3COC3)CC2)nn1.CN(C)C(=O)CN1CCC(N2CCN(C(=O)C(C)(C)C)CC2)CC1.C[C@@H]1CN(CC(=O)N(C)C)CCN1CC1CCN(C(=O)CC(C)(C)C)CC1. The zero-order chi connectivity index (χ0) is 106. The number of rotatable bonds is 24. The van der Waals surface area contributed by atoms with E-state index in [4.69, 9.17) is 23.7 Å². The third-order valence-corrected chi connectivity index (χ3v) is 31.7. The maximum absolute atomic E-state index is 12.5. The van der Waals surface area contributed by atoms with Crippen LogP contribution in [0.5, 0.6) is 0 Å². The van der Waals surface area contributed by atoms with Crippen molar-refractivity contribution in [1.29, 1.82) is 0 Å². The summed E-state index contributed by atoms with van der Waals surface area (Å²) in [5.41, 5.74) is 1.36. The Labute approximate surface area is 881 Å². The number of piperazine rings is 3. The summed E-state index contributed by atoms with van der Waals surface area (Å²) in [5, 5.41) is 17.9. The van der Waals surface area contributed by atoms with Gasteiger partial charge in [0.25, 0.3) is 0 Å². The van der Waals surface area contributed by atoms with Crippen LogP contribution >= 0.6 is 0 Å². The fourth-order valence-corrected chi connectivity index (χ4v) is 22.5. The van der Waals surface area contributed by atoms with Gasteiger partial charge in [0.1, 0.15) is 0 Å². The minimum Gasteiger partial charge on any atom is -0.394 e. The van der Waals surface area contributed by atoms with Crippen LogP contribution in [0.15, 0.2) is 6.20 Å². The molecule has 838 valence electrons. The molecule has 0 bridgehead atoms. The quantitative estimate of drug-likeness (QED) is 0.103. The number of hydrogen-bond donors (Lipinski definition) is 1. The molecule has 0 radical (unpaired) electrons. The number of likely N-dealkylation sites (tertiary alicyclic amines) is 6. The zero-order valence-corrected chi connectivity index (χ0v) is 95.8. The van der Waals surface area contributed by atoms with Gasteiger partial charge < -0.3 is 68.0 Å². The summed E-state index contributed by atoms with van der Waals surface area (Å²) in [4.78, 5) is 138. The molecule has 1 aromatic heterocycles. The molecule has 1 N–H and O–H groups in total. The van der Waals surface area contributed by atoms with Gasteiger partial charge in [0.2, 0.25) is 47.3 Å². The molecule has 0 unspecified atom stereocenters.